The van der Waals surface area contributed by atoms with E-state index in [1.807, 2.05) is 0 Å². The third-order valence-electron chi connectivity index (χ3n) is 1.82. The average molecular weight is 380 g/mol. The van der Waals surface area contributed by atoms with Gasteiger partial charge in [-0.1, -0.05) is 0 Å². The molecule has 0 atom stereocenters. The molecule has 0 saturated heterocycles. The van der Waals surface area contributed by atoms with Crippen LogP contribution in [0.25, 0.3) is 0 Å². The van der Waals surface area contributed by atoms with Gasteiger partial charge in [-0.3, -0.25) is 0 Å². The highest BCUT2D eigenvalue weighted by atomic mass is 19.4. The minimum Gasteiger partial charge on any atom is -0.481 e. The average Bonchev–Trinajstić information content (AvgIpc) is 2.16. The molecule has 0 bridgehead atoms. The van der Waals surface area contributed by atoms with Gasteiger partial charge in [0.25, 0.3) is 0 Å². The summed E-state index contributed by atoms with van der Waals surface area (Å²) in [6.45, 7) is -3.23. The fourth-order valence-electron chi connectivity index (χ4n) is 1.02. The minimum atomic E-state index is -7.07. The third-order valence-corrected chi connectivity index (χ3v) is 1.82. The van der Waals surface area contributed by atoms with Crippen molar-refractivity contribution in [2.45, 2.75) is 30.6 Å². The summed E-state index contributed by atoms with van der Waals surface area (Å²) in [5.41, 5.74) is -4.53. The Balaban J connectivity index is 6.47. The van der Waals surface area contributed by atoms with Gasteiger partial charge in [0.1, 0.15) is 0 Å². The molecule has 0 aliphatic carbocycles. The van der Waals surface area contributed by atoms with Crippen LogP contribution in [-0.2, 0) is 4.74 Å². The topological polar surface area (TPSA) is 9.23 Å². The second-order valence-corrected chi connectivity index (χ2v) is 3.68. The number of halogens is 14. The molecule has 1 nitrogen and oxygen atoms in total. The van der Waals surface area contributed by atoms with Gasteiger partial charge in [0.05, 0.1) is 0 Å². The van der Waals surface area contributed by atoms with E-state index in [1.165, 1.54) is 0 Å². The summed E-state index contributed by atoms with van der Waals surface area (Å²) in [4.78, 5) is 0. The molecule has 0 saturated carbocycles. The lowest BCUT2D eigenvalue weighted by atomic mass is 10.1. The molecule has 0 aromatic rings. The Labute approximate surface area is 116 Å². The summed E-state index contributed by atoms with van der Waals surface area (Å²) in [5.74, 6) is -11.2. The maximum atomic E-state index is 12.8. The van der Waals surface area contributed by atoms with Crippen LogP contribution < -0.4 is 0 Å². The summed E-state index contributed by atoms with van der Waals surface area (Å²) in [5, 5.41) is 0. The zero-order valence-electron chi connectivity index (χ0n) is 9.91. The number of hydrogen-bond acceptors (Lipinski definition) is 1. The van der Waals surface area contributed by atoms with Crippen LogP contribution in [0.15, 0.2) is 11.3 Å². The second kappa shape index (κ2) is 5.89. The van der Waals surface area contributed by atoms with Crippen molar-refractivity contribution in [1.29, 1.82) is 0 Å². The number of alkyl halides is 14. The van der Waals surface area contributed by atoms with Crippen LogP contribution in [0.3, 0.4) is 0 Å². The van der Waals surface area contributed by atoms with Gasteiger partial charge >= 0.3 is 30.6 Å². The van der Waals surface area contributed by atoms with Gasteiger partial charge < -0.3 is 4.74 Å². The van der Waals surface area contributed by atoms with Crippen LogP contribution in [0.2, 0.25) is 0 Å². The molecule has 138 valence electrons. The SMILES string of the molecule is FC(F)(F)COC(=C(C(F)(F)F)C(F)(F)F)C(F)(F)C(F)(F)F. The van der Waals surface area contributed by atoms with Gasteiger partial charge in [0.2, 0.25) is 0 Å². The van der Waals surface area contributed by atoms with Crippen LogP contribution in [0.5, 0.6) is 0 Å². The molecule has 0 spiro atoms. The van der Waals surface area contributed by atoms with Crippen molar-refractivity contribution in [2.24, 2.45) is 0 Å². The van der Waals surface area contributed by atoms with Crippen LogP contribution in [0.1, 0.15) is 0 Å². The third kappa shape index (κ3) is 5.60. The standard InChI is InChI=1S/C8H2F14O/c9-4(10,11)1-23-3(5(12,13)8(20,21)22)2(6(14,15)16)7(17,18)19/h1H2. The Morgan fingerprint density at radius 3 is 1.17 bits per heavy atom. The normalized spacial score (nSPS) is 14.7. The first kappa shape index (κ1) is 21.6. The molecule has 0 heterocycles. The fraction of sp³-hybridized carbons (Fsp3) is 0.750. The Kier molecular flexibility index (Phi) is 5.52. The van der Waals surface area contributed by atoms with Gasteiger partial charge in [0.15, 0.2) is 17.9 Å². The lowest BCUT2D eigenvalue weighted by Gasteiger charge is -2.27. The monoisotopic (exact) mass is 380 g/mol. The number of hydrogen-bond donors (Lipinski definition) is 0. The van der Waals surface area contributed by atoms with Crippen LogP contribution in [0.4, 0.5) is 61.5 Å². The smallest absolute Gasteiger partial charge is 0.461 e. The van der Waals surface area contributed by atoms with Crippen LogP contribution in [-0.4, -0.2) is 37.2 Å². The first-order valence-corrected chi connectivity index (χ1v) is 4.74. The van der Waals surface area contributed by atoms with E-state index in [2.05, 4.69) is 4.74 Å². The first-order chi connectivity index (χ1) is 9.71. The summed E-state index contributed by atoms with van der Waals surface area (Å²) in [7, 11) is 0. The highest BCUT2D eigenvalue weighted by molar-refractivity contribution is 5.26. The van der Waals surface area contributed by atoms with E-state index in [1.54, 1.807) is 0 Å². The molecule has 0 aliphatic rings. The highest BCUT2D eigenvalue weighted by Gasteiger charge is 2.68. The van der Waals surface area contributed by atoms with E-state index in [0.717, 1.165) is 0 Å². The van der Waals surface area contributed by atoms with Gasteiger partial charge in [0, 0.05) is 0 Å². The molecule has 0 aliphatic heterocycles. The molecule has 0 radical (unpaired) electrons. The minimum absolute atomic E-state index is 2.56. The Morgan fingerprint density at radius 2 is 0.957 bits per heavy atom. The molecule has 23 heavy (non-hydrogen) atoms. The highest BCUT2D eigenvalue weighted by Crippen LogP contribution is 2.49. The number of allylic oxidation sites excluding steroid dienone is 2. The zero-order chi connectivity index (χ0) is 19.1. The Morgan fingerprint density at radius 1 is 0.609 bits per heavy atom. The van der Waals surface area contributed by atoms with Crippen molar-refractivity contribution in [3.05, 3.63) is 11.3 Å². The first-order valence-electron chi connectivity index (χ1n) is 4.74. The van der Waals surface area contributed by atoms with Crippen molar-refractivity contribution in [3.8, 4) is 0 Å². The number of rotatable bonds is 3. The van der Waals surface area contributed by atoms with Crippen molar-refractivity contribution >= 4 is 0 Å². The predicted octanol–water partition coefficient (Wildman–Crippen LogP) is 5.14. The van der Waals surface area contributed by atoms with E-state index in [0.29, 0.717) is 0 Å². The summed E-state index contributed by atoms with van der Waals surface area (Å²) >= 11 is 0. The summed E-state index contributed by atoms with van der Waals surface area (Å²) in [6, 6.07) is 0. The fourth-order valence-corrected chi connectivity index (χ4v) is 1.02. The maximum absolute atomic E-state index is 12.8. The van der Waals surface area contributed by atoms with Crippen molar-refractivity contribution in [3.63, 3.8) is 0 Å². The maximum Gasteiger partial charge on any atom is 0.461 e. The zero-order valence-corrected chi connectivity index (χ0v) is 9.91. The Hall–Kier alpha value is -1.44. The van der Waals surface area contributed by atoms with Gasteiger partial charge in [-0.2, -0.15) is 61.5 Å². The molecular formula is C8H2F14O. The second-order valence-electron chi connectivity index (χ2n) is 3.68. The number of ether oxygens (including phenoxy) is 1. The van der Waals surface area contributed by atoms with Crippen molar-refractivity contribution < 1.29 is 66.2 Å². The lowest BCUT2D eigenvalue weighted by molar-refractivity contribution is -0.287. The molecule has 0 rings (SSSR count). The molecule has 0 amide bonds. The van der Waals surface area contributed by atoms with Crippen molar-refractivity contribution in [2.75, 3.05) is 6.61 Å². The van der Waals surface area contributed by atoms with E-state index in [-0.39, 0.29) is 0 Å². The summed E-state index contributed by atoms with van der Waals surface area (Å²) < 4.78 is 172. The van der Waals surface area contributed by atoms with E-state index < -0.39 is 48.6 Å². The largest absolute Gasteiger partial charge is 0.481 e. The molecule has 0 aromatic carbocycles. The van der Waals surface area contributed by atoms with Gasteiger partial charge in [-0.05, 0) is 0 Å². The summed E-state index contributed by atoms with van der Waals surface area (Å²) in [6.07, 6.45) is -26.6. The van der Waals surface area contributed by atoms with E-state index in [4.69, 9.17) is 0 Å². The molecule has 0 aromatic heterocycles. The quantitative estimate of drug-likeness (QED) is 0.487. The molecular weight excluding hydrogens is 378 g/mol. The predicted molar refractivity (Wildman–Crippen MR) is 42.1 cm³/mol. The van der Waals surface area contributed by atoms with E-state index in [9.17, 15) is 61.5 Å². The Bertz CT molecular complexity index is 427. The van der Waals surface area contributed by atoms with E-state index >= 15 is 0 Å². The molecule has 0 fully saturated rings. The van der Waals surface area contributed by atoms with Crippen LogP contribution >= 0.6 is 0 Å². The van der Waals surface area contributed by atoms with Gasteiger partial charge in [-0.15, -0.1) is 0 Å². The van der Waals surface area contributed by atoms with Crippen LogP contribution in [0, 0.1) is 0 Å². The molecule has 0 N–H and O–H groups in total. The molecule has 0 unspecified atom stereocenters. The lowest BCUT2D eigenvalue weighted by Crippen LogP contribution is -2.44. The van der Waals surface area contributed by atoms with Gasteiger partial charge in [-0.25, -0.2) is 0 Å². The molecule has 15 heteroatoms. The van der Waals surface area contributed by atoms with Crippen molar-refractivity contribution in [1.82, 2.24) is 0 Å².